The number of hydrogen-bond acceptors (Lipinski definition) is 6. The van der Waals surface area contributed by atoms with E-state index in [2.05, 4.69) is 18.7 Å². The molecule has 0 saturated heterocycles. The molecule has 0 saturated carbocycles. The van der Waals surface area contributed by atoms with Crippen molar-refractivity contribution in [2.24, 2.45) is 5.92 Å². The third kappa shape index (κ3) is 21.4. The van der Waals surface area contributed by atoms with Crippen LogP contribution in [0.2, 0.25) is 0 Å². The van der Waals surface area contributed by atoms with Crippen LogP contribution in [0.15, 0.2) is 0 Å². The molecule has 0 aliphatic heterocycles. The van der Waals surface area contributed by atoms with Crippen LogP contribution in [0.25, 0.3) is 0 Å². The van der Waals surface area contributed by atoms with E-state index in [4.69, 9.17) is 9.57 Å². The van der Waals surface area contributed by atoms with Crippen LogP contribution in [-0.4, -0.2) is 62.7 Å². The summed E-state index contributed by atoms with van der Waals surface area (Å²) in [4.78, 5) is 31.7. The number of ether oxygens (including phenoxy) is 1. The highest BCUT2D eigenvalue weighted by molar-refractivity contribution is 5.72. The van der Waals surface area contributed by atoms with Crippen LogP contribution >= 0.6 is 0 Å². The van der Waals surface area contributed by atoms with E-state index in [0.717, 1.165) is 83.7 Å². The summed E-state index contributed by atoms with van der Waals surface area (Å²) in [5.41, 5.74) is 0. The Hall–Kier alpha value is -1.14. The summed E-state index contributed by atoms with van der Waals surface area (Å²) >= 11 is 0. The molecule has 202 valence electrons. The smallest absolute Gasteiger partial charge is 0.325 e. The number of unbranched alkanes of at least 4 members (excludes halogenated alkanes) is 10. The van der Waals surface area contributed by atoms with Gasteiger partial charge in [-0.3, -0.25) is 9.59 Å². The number of rotatable bonds is 24. The predicted molar refractivity (Wildman–Crippen MR) is 142 cm³/mol. The summed E-state index contributed by atoms with van der Waals surface area (Å²) in [5.74, 6) is -0.0122. The van der Waals surface area contributed by atoms with Crippen molar-refractivity contribution >= 4 is 11.9 Å². The zero-order valence-electron chi connectivity index (χ0n) is 23.2. The average molecular weight is 485 g/mol. The highest BCUT2D eigenvalue weighted by Gasteiger charge is 2.19. The monoisotopic (exact) mass is 484 g/mol. The van der Waals surface area contributed by atoms with Crippen molar-refractivity contribution in [2.45, 2.75) is 123 Å². The zero-order chi connectivity index (χ0) is 25.4. The SMILES string of the molecule is CCCCCCC(CCCCC)C(=O)OCCCCCCCCN(C)OC(=O)CCCN(C)C. The van der Waals surface area contributed by atoms with Gasteiger partial charge >= 0.3 is 11.9 Å². The van der Waals surface area contributed by atoms with Crippen molar-refractivity contribution in [2.75, 3.05) is 40.8 Å². The maximum absolute atomic E-state index is 12.5. The molecule has 6 nitrogen and oxygen atoms in total. The molecule has 0 rings (SSSR count). The molecule has 1 atom stereocenters. The fraction of sp³-hybridized carbons (Fsp3) is 0.929. The fourth-order valence-electron chi connectivity index (χ4n) is 4.08. The lowest BCUT2D eigenvalue weighted by molar-refractivity contribution is -0.184. The molecule has 0 fully saturated rings. The normalized spacial score (nSPS) is 12.3. The molecule has 6 heteroatoms. The topological polar surface area (TPSA) is 59.1 Å². The van der Waals surface area contributed by atoms with Crippen molar-refractivity contribution in [3.63, 3.8) is 0 Å². The standard InChI is InChI=1S/C28H56N2O4/c1-6-8-10-16-21-26(20-15-9-7-2)28(32)33-25-18-14-12-11-13-17-24-30(5)34-27(31)22-19-23-29(3)4/h26H,6-25H2,1-5H3. The minimum Gasteiger partial charge on any atom is -0.465 e. The lowest BCUT2D eigenvalue weighted by atomic mass is 9.95. The van der Waals surface area contributed by atoms with Gasteiger partial charge in [-0.15, -0.1) is 5.06 Å². The summed E-state index contributed by atoms with van der Waals surface area (Å²) in [6.07, 6.45) is 18.2. The Morgan fingerprint density at radius 2 is 1.24 bits per heavy atom. The predicted octanol–water partition coefficient (Wildman–Crippen LogP) is 6.77. The van der Waals surface area contributed by atoms with Crippen molar-refractivity contribution in [3.05, 3.63) is 0 Å². The summed E-state index contributed by atoms with van der Waals surface area (Å²) in [6.45, 7) is 6.66. The molecular weight excluding hydrogens is 428 g/mol. The molecule has 0 spiro atoms. The second-order valence-corrected chi connectivity index (χ2v) is 10.1. The van der Waals surface area contributed by atoms with E-state index in [9.17, 15) is 9.59 Å². The first-order valence-corrected chi connectivity index (χ1v) is 14.1. The Bertz CT molecular complexity index is 485. The molecule has 0 heterocycles. The molecule has 0 bridgehead atoms. The number of hydrogen-bond donors (Lipinski definition) is 0. The highest BCUT2D eigenvalue weighted by atomic mass is 16.7. The van der Waals surface area contributed by atoms with Crippen LogP contribution in [0.4, 0.5) is 0 Å². The van der Waals surface area contributed by atoms with Gasteiger partial charge < -0.3 is 14.5 Å². The van der Waals surface area contributed by atoms with E-state index in [-0.39, 0.29) is 17.9 Å². The molecule has 34 heavy (non-hydrogen) atoms. The second-order valence-electron chi connectivity index (χ2n) is 10.1. The van der Waals surface area contributed by atoms with Crippen LogP contribution in [0.3, 0.4) is 0 Å². The van der Waals surface area contributed by atoms with Gasteiger partial charge in [0, 0.05) is 20.0 Å². The van der Waals surface area contributed by atoms with Crippen LogP contribution in [0, 0.1) is 5.92 Å². The summed E-state index contributed by atoms with van der Waals surface area (Å²) in [7, 11) is 5.84. The number of esters is 1. The van der Waals surface area contributed by atoms with Gasteiger partial charge in [0.15, 0.2) is 0 Å². The molecular formula is C28H56N2O4. The van der Waals surface area contributed by atoms with Gasteiger partial charge in [0.2, 0.25) is 0 Å². The Kier molecular flexibility index (Phi) is 22.8. The number of carbonyl (C=O) groups excluding carboxylic acids is 2. The van der Waals surface area contributed by atoms with Crippen LogP contribution in [0.1, 0.15) is 123 Å². The summed E-state index contributed by atoms with van der Waals surface area (Å²) in [5, 5.41) is 1.66. The molecule has 0 aliphatic rings. The molecule has 0 aliphatic carbocycles. The van der Waals surface area contributed by atoms with Gasteiger partial charge in [-0.2, -0.15) is 0 Å². The van der Waals surface area contributed by atoms with Gasteiger partial charge in [-0.25, -0.2) is 0 Å². The first kappa shape index (κ1) is 32.9. The lowest BCUT2D eigenvalue weighted by Crippen LogP contribution is -2.25. The van der Waals surface area contributed by atoms with E-state index < -0.39 is 0 Å². The highest BCUT2D eigenvalue weighted by Crippen LogP contribution is 2.20. The number of carbonyl (C=O) groups is 2. The molecule has 1 unspecified atom stereocenters. The Labute approximate surface area is 211 Å². The van der Waals surface area contributed by atoms with Crippen molar-refractivity contribution in [1.29, 1.82) is 0 Å². The average Bonchev–Trinajstić information content (AvgIpc) is 2.79. The van der Waals surface area contributed by atoms with E-state index >= 15 is 0 Å². The molecule has 0 aromatic rings. The van der Waals surface area contributed by atoms with Gasteiger partial charge in [0.05, 0.1) is 12.5 Å². The van der Waals surface area contributed by atoms with Gasteiger partial charge in [0.25, 0.3) is 0 Å². The van der Waals surface area contributed by atoms with E-state index in [1.165, 1.54) is 32.1 Å². The first-order valence-electron chi connectivity index (χ1n) is 14.1. The maximum Gasteiger partial charge on any atom is 0.325 e. The lowest BCUT2D eigenvalue weighted by Gasteiger charge is -2.16. The van der Waals surface area contributed by atoms with Crippen LogP contribution < -0.4 is 0 Å². The fourth-order valence-corrected chi connectivity index (χ4v) is 4.08. The molecule has 0 radical (unpaired) electrons. The Balaban J connectivity index is 3.77. The van der Waals surface area contributed by atoms with Crippen molar-refractivity contribution in [1.82, 2.24) is 9.96 Å². The quantitative estimate of drug-likeness (QED) is 0.0856. The van der Waals surface area contributed by atoms with Crippen molar-refractivity contribution in [3.8, 4) is 0 Å². The summed E-state index contributed by atoms with van der Waals surface area (Å²) in [6, 6.07) is 0. The Morgan fingerprint density at radius 3 is 1.88 bits per heavy atom. The van der Waals surface area contributed by atoms with E-state index in [1.54, 1.807) is 5.06 Å². The first-order chi connectivity index (χ1) is 16.4. The van der Waals surface area contributed by atoms with Crippen LogP contribution in [-0.2, 0) is 19.2 Å². The van der Waals surface area contributed by atoms with Gasteiger partial charge in [0.1, 0.15) is 0 Å². The third-order valence-electron chi connectivity index (χ3n) is 6.25. The molecule has 0 aromatic heterocycles. The van der Waals surface area contributed by atoms with Gasteiger partial charge in [-0.05, 0) is 52.7 Å². The minimum absolute atomic E-state index is 0.0342. The van der Waals surface area contributed by atoms with E-state index in [0.29, 0.717) is 13.0 Å². The van der Waals surface area contributed by atoms with E-state index in [1.807, 2.05) is 21.1 Å². The second kappa shape index (κ2) is 23.6. The maximum atomic E-state index is 12.5. The number of nitrogens with zero attached hydrogens (tertiary/aromatic N) is 2. The molecule has 0 N–H and O–H groups in total. The van der Waals surface area contributed by atoms with Crippen LogP contribution in [0.5, 0.6) is 0 Å². The third-order valence-corrected chi connectivity index (χ3v) is 6.25. The largest absolute Gasteiger partial charge is 0.465 e. The summed E-state index contributed by atoms with van der Waals surface area (Å²) < 4.78 is 5.63. The van der Waals surface area contributed by atoms with Crippen molar-refractivity contribution < 1.29 is 19.2 Å². The molecule has 0 aromatic carbocycles. The molecule has 0 amide bonds. The Morgan fingerprint density at radius 1 is 0.676 bits per heavy atom. The van der Waals surface area contributed by atoms with Gasteiger partial charge in [-0.1, -0.05) is 84.5 Å². The number of hydroxylamine groups is 2. The minimum atomic E-state index is -0.146. The zero-order valence-corrected chi connectivity index (χ0v) is 23.2.